The van der Waals surface area contributed by atoms with Crippen molar-refractivity contribution in [2.75, 3.05) is 26.9 Å². The topological polar surface area (TPSA) is 35.5 Å². The first-order chi connectivity index (χ1) is 5.31. The van der Waals surface area contributed by atoms with Gasteiger partial charge in [0.25, 0.3) is 0 Å². The number of hydrogen-bond donors (Lipinski definition) is 0. The first-order valence-corrected chi connectivity index (χ1v) is 3.89. The molecule has 0 aliphatic heterocycles. The molecular formula is C9H20O3. The Kier molecular flexibility index (Phi) is 12.5. The third-order valence-electron chi connectivity index (χ3n) is 1.18. The number of carbonyl (C=O) groups is 1. The molecule has 0 bridgehead atoms. The molecule has 0 rings (SSSR count). The van der Waals surface area contributed by atoms with Gasteiger partial charge in [-0.1, -0.05) is 14.4 Å². The van der Waals surface area contributed by atoms with Crippen LogP contribution in [0.15, 0.2) is 0 Å². The van der Waals surface area contributed by atoms with E-state index in [4.69, 9.17) is 4.74 Å². The summed E-state index contributed by atoms with van der Waals surface area (Å²) in [5.74, 6) is 0.101. The first-order valence-electron chi connectivity index (χ1n) is 3.89. The van der Waals surface area contributed by atoms with Gasteiger partial charge in [0.1, 0.15) is 6.61 Å². The number of methoxy groups -OCH3 is 1. The summed E-state index contributed by atoms with van der Waals surface area (Å²) in [6.07, 6.45) is 1.46. The predicted octanol–water partition coefficient (Wildman–Crippen LogP) is 1.65. The van der Waals surface area contributed by atoms with Gasteiger partial charge in [-0.15, -0.1) is 0 Å². The zero-order valence-corrected chi connectivity index (χ0v) is 7.26. The summed E-state index contributed by atoms with van der Waals surface area (Å²) < 4.78 is 9.78. The smallest absolute Gasteiger partial charge is 0.160 e. The molecule has 0 aliphatic rings. The summed E-state index contributed by atoms with van der Waals surface area (Å²) in [5, 5.41) is 0. The molecule has 0 spiro atoms. The lowest BCUT2D eigenvalue weighted by molar-refractivity contribution is -0.123. The van der Waals surface area contributed by atoms with Gasteiger partial charge in [0, 0.05) is 20.1 Å². The van der Waals surface area contributed by atoms with E-state index in [9.17, 15) is 4.79 Å². The van der Waals surface area contributed by atoms with Crippen LogP contribution in [0.5, 0.6) is 0 Å². The molecule has 12 heavy (non-hydrogen) atoms. The van der Waals surface area contributed by atoms with E-state index in [2.05, 4.69) is 4.74 Å². The Labute approximate surface area is 75.1 Å². The molecule has 0 saturated carbocycles. The van der Waals surface area contributed by atoms with Crippen LogP contribution in [0, 0.1) is 0 Å². The summed E-state index contributed by atoms with van der Waals surface area (Å²) in [4.78, 5) is 10.8. The number of ketones is 1. The zero-order chi connectivity index (χ0) is 8.53. The fourth-order valence-electron chi connectivity index (χ4n) is 0.666. The molecule has 0 N–H and O–H groups in total. The Hall–Kier alpha value is -0.410. The van der Waals surface area contributed by atoms with Crippen LogP contribution >= 0.6 is 0 Å². The second-order valence-corrected chi connectivity index (χ2v) is 2.33. The number of hydrogen-bond acceptors (Lipinski definition) is 3. The SMILES string of the molecule is C.CCCOCCC(=O)COC. The van der Waals surface area contributed by atoms with Crippen molar-refractivity contribution in [2.45, 2.75) is 27.2 Å². The Balaban J connectivity index is 0. The second kappa shape index (κ2) is 10.6. The third kappa shape index (κ3) is 9.59. The molecule has 0 atom stereocenters. The predicted molar refractivity (Wildman–Crippen MR) is 49.3 cm³/mol. The van der Waals surface area contributed by atoms with Gasteiger partial charge in [-0.2, -0.15) is 0 Å². The highest BCUT2D eigenvalue weighted by atomic mass is 16.5. The van der Waals surface area contributed by atoms with Crippen molar-refractivity contribution < 1.29 is 14.3 Å². The van der Waals surface area contributed by atoms with Gasteiger partial charge in [-0.3, -0.25) is 4.79 Å². The van der Waals surface area contributed by atoms with Crippen molar-refractivity contribution in [3.8, 4) is 0 Å². The minimum Gasteiger partial charge on any atom is -0.381 e. The van der Waals surface area contributed by atoms with Crippen LogP contribution in [0.4, 0.5) is 0 Å². The zero-order valence-electron chi connectivity index (χ0n) is 7.26. The van der Waals surface area contributed by atoms with Crippen molar-refractivity contribution in [3.63, 3.8) is 0 Å². The van der Waals surface area contributed by atoms with E-state index < -0.39 is 0 Å². The number of ether oxygens (including phenoxy) is 2. The normalized spacial score (nSPS) is 9.17. The third-order valence-corrected chi connectivity index (χ3v) is 1.18. The van der Waals surface area contributed by atoms with E-state index in [1.54, 1.807) is 0 Å². The fourth-order valence-corrected chi connectivity index (χ4v) is 0.666. The molecule has 0 heterocycles. The van der Waals surface area contributed by atoms with Crippen molar-refractivity contribution in [3.05, 3.63) is 0 Å². The average Bonchev–Trinajstić information content (AvgIpc) is 1.99. The molecule has 0 radical (unpaired) electrons. The first kappa shape index (κ1) is 14.1. The van der Waals surface area contributed by atoms with E-state index in [0.717, 1.165) is 13.0 Å². The molecule has 0 aliphatic carbocycles. The standard InChI is InChI=1S/C8H16O3.CH4/c1-3-5-11-6-4-8(9)7-10-2;/h3-7H2,1-2H3;1H4. The Morgan fingerprint density at radius 2 is 2.00 bits per heavy atom. The van der Waals surface area contributed by atoms with Crippen molar-refractivity contribution in [1.29, 1.82) is 0 Å². The van der Waals surface area contributed by atoms with Crippen LogP contribution in [0.1, 0.15) is 27.2 Å². The quantitative estimate of drug-likeness (QED) is 0.553. The van der Waals surface area contributed by atoms with Crippen LogP contribution in [0.25, 0.3) is 0 Å². The highest BCUT2D eigenvalue weighted by Gasteiger charge is 1.99. The lowest BCUT2D eigenvalue weighted by Gasteiger charge is -2.00. The number of rotatable bonds is 7. The van der Waals surface area contributed by atoms with Crippen LogP contribution in [0.2, 0.25) is 0 Å². The molecular weight excluding hydrogens is 156 g/mol. The Morgan fingerprint density at radius 1 is 1.33 bits per heavy atom. The maximum absolute atomic E-state index is 10.8. The summed E-state index contributed by atoms with van der Waals surface area (Å²) in [5.41, 5.74) is 0. The molecule has 0 unspecified atom stereocenters. The van der Waals surface area contributed by atoms with E-state index in [0.29, 0.717) is 13.0 Å². The van der Waals surface area contributed by atoms with Gasteiger partial charge in [0.15, 0.2) is 5.78 Å². The van der Waals surface area contributed by atoms with Gasteiger partial charge < -0.3 is 9.47 Å². The van der Waals surface area contributed by atoms with Crippen LogP contribution in [-0.4, -0.2) is 32.7 Å². The fraction of sp³-hybridized carbons (Fsp3) is 0.889. The molecule has 74 valence electrons. The minimum absolute atomic E-state index is 0. The van der Waals surface area contributed by atoms with Gasteiger partial charge >= 0.3 is 0 Å². The van der Waals surface area contributed by atoms with Gasteiger partial charge in [0.05, 0.1) is 6.61 Å². The molecule has 0 aromatic heterocycles. The largest absolute Gasteiger partial charge is 0.381 e. The lowest BCUT2D eigenvalue weighted by Crippen LogP contribution is -2.10. The summed E-state index contributed by atoms with van der Waals surface area (Å²) in [6.45, 7) is 3.50. The van der Waals surface area contributed by atoms with Crippen molar-refractivity contribution in [2.24, 2.45) is 0 Å². The molecule has 0 amide bonds. The number of carbonyl (C=O) groups excluding carboxylic acids is 1. The monoisotopic (exact) mass is 176 g/mol. The summed E-state index contributed by atoms with van der Waals surface area (Å²) >= 11 is 0. The van der Waals surface area contributed by atoms with E-state index in [1.807, 2.05) is 6.92 Å². The molecule has 3 heteroatoms. The summed E-state index contributed by atoms with van der Waals surface area (Å²) in [7, 11) is 1.52. The van der Waals surface area contributed by atoms with Crippen molar-refractivity contribution in [1.82, 2.24) is 0 Å². The molecule has 0 fully saturated rings. The Morgan fingerprint density at radius 3 is 2.50 bits per heavy atom. The molecule has 3 nitrogen and oxygen atoms in total. The molecule has 0 aromatic carbocycles. The maximum atomic E-state index is 10.8. The van der Waals surface area contributed by atoms with Gasteiger partial charge in [0.2, 0.25) is 0 Å². The van der Waals surface area contributed by atoms with Crippen LogP contribution in [0.3, 0.4) is 0 Å². The van der Waals surface area contributed by atoms with Crippen LogP contribution in [-0.2, 0) is 14.3 Å². The second-order valence-electron chi connectivity index (χ2n) is 2.33. The van der Waals surface area contributed by atoms with Crippen molar-refractivity contribution >= 4 is 5.78 Å². The van der Waals surface area contributed by atoms with Gasteiger partial charge in [-0.25, -0.2) is 0 Å². The lowest BCUT2D eigenvalue weighted by atomic mass is 10.3. The highest BCUT2D eigenvalue weighted by molar-refractivity contribution is 5.79. The van der Waals surface area contributed by atoms with E-state index >= 15 is 0 Å². The Bertz CT molecular complexity index is 102. The van der Waals surface area contributed by atoms with Crippen LogP contribution < -0.4 is 0 Å². The summed E-state index contributed by atoms with van der Waals surface area (Å²) in [6, 6.07) is 0. The van der Waals surface area contributed by atoms with E-state index in [1.165, 1.54) is 7.11 Å². The minimum atomic E-state index is 0. The molecule has 0 aromatic rings. The highest BCUT2D eigenvalue weighted by Crippen LogP contribution is 1.87. The van der Waals surface area contributed by atoms with Gasteiger partial charge in [-0.05, 0) is 6.42 Å². The average molecular weight is 176 g/mol. The van der Waals surface area contributed by atoms with E-state index in [-0.39, 0.29) is 19.8 Å². The molecule has 0 saturated heterocycles. The number of Topliss-reactive ketones (excluding diaryl/α,β-unsaturated/α-hetero) is 1. The maximum Gasteiger partial charge on any atom is 0.160 e.